The minimum absolute atomic E-state index is 0.198. The summed E-state index contributed by atoms with van der Waals surface area (Å²) in [6, 6.07) is 8.75. The van der Waals surface area contributed by atoms with E-state index >= 15 is 0 Å². The number of hydrogen-bond donors (Lipinski definition) is 0. The average molecular weight is 432 g/mol. The van der Waals surface area contributed by atoms with E-state index in [0.29, 0.717) is 11.3 Å². The molecule has 0 radical (unpaired) electrons. The number of rotatable bonds is 6. The second kappa shape index (κ2) is 8.53. The molecule has 0 aliphatic heterocycles. The van der Waals surface area contributed by atoms with Gasteiger partial charge in [0.25, 0.3) is 17.3 Å². The smallest absolute Gasteiger partial charge is 0.280 e. The van der Waals surface area contributed by atoms with Gasteiger partial charge in [-0.1, -0.05) is 17.4 Å². The third-order valence-electron chi connectivity index (χ3n) is 4.13. The van der Waals surface area contributed by atoms with Crippen LogP contribution in [0.1, 0.15) is 15.9 Å². The predicted octanol–water partition coefficient (Wildman–Crippen LogP) is 3.93. The zero-order valence-electron chi connectivity index (χ0n) is 15.5. The van der Waals surface area contributed by atoms with Gasteiger partial charge in [0, 0.05) is 24.4 Å². The maximum absolute atomic E-state index is 12.7. The molecule has 0 atom stereocenters. The van der Waals surface area contributed by atoms with Crippen molar-refractivity contribution in [3.63, 3.8) is 0 Å². The Balaban J connectivity index is 2.14. The van der Waals surface area contributed by atoms with E-state index in [0.717, 1.165) is 39.7 Å². The molecular formula is C18H16N4O5S2. The number of aryl methyl sites for hydroxylation is 2. The fraction of sp³-hybridized carbons (Fsp3) is 0.222. The van der Waals surface area contributed by atoms with Crippen molar-refractivity contribution < 1.29 is 14.6 Å². The summed E-state index contributed by atoms with van der Waals surface area (Å²) in [5.74, 6) is 0.0431. The van der Waals surface area contributed by atoms with Crippen LogP contribution in [0.5, 0.6) is 0 Å². The van der Waals surface area contributed by atoms with Crippen molar-refractivity contribution in [3.05, 3.63) is 72.6 Å². The first-order valence-corrected chi connectivity index (χ1v) is 10.6. The standard InChI is InChI=1S/C18H16N4O5S2/c1-11-3-4-15-16(7-11)29-18(20(15)5-6-28-2)19-17(23)12-8-13(21(24)25)10-14(9-12)22(26)27/h3-4,7-10H,5-6H2,1-2H3. The Morgan fingerprint density at radius 1 is 1.14 bits per heavy atom. The van der Waals surface area contributed by atoms with Crippen LogP contribution in [0.15, 0.2) is 41.4 Å². The number of benzene rings is 2. The molecule has 0 aliphatic rings. The molecular weight excluding hydrogens is 416 g/mol. The first-order chi connectivity index (χ1) is 13.8. The zero-order valence-corrected chi connectivity index (χ0v) is 17.2. The number of thioether (sulfide) groups is 1. The number of nitro groups is 2. The molecule has 1 amide bonds. The number of thiazole rings is 1. The van der Waals surface area contributed by atoms with Gasteiger partial charge in [0.05, 0.1) is 31.7 Å². The number of non-ortho nitro benzene ring substituents is 2. The van der Waals surface area contributed by atoms with Crippen molar-refractivity contribution in [2.24, 2.45) is 4.99 Å². The van der Waals surface area contributed by atoms with Gasteiger partial charge in [-0.05, 0) is 30.9 Å². The summed E-state index contributed by atoms with van der Waals surface area (Å²) in [6.45, 7) is 2.60. The Bertz CT molecular complexity index is 1170. The van der Waals surface area contributed by atoms with Crippen molar-refractivity contribution in [2.45, 2.75) is 13.5 Å². The van der Waals surface area contributed by atoms with Gasteiger partial charge in [0.1, 0.15) is 0 Å². The molecule has 0 aliphatic carbocycles. The third kappa shape index (κ3) is 4.51. The van der Waals surface area contributed by atoms with Crippen LogP contribution in [0.2, 0.25) is 0 Å². The quantitative estimate of drug-likeness (QED) is 0.430. The molecule has 0 N–H and O–H groups in total. The van der Waals surface area contributed by atoms with E-state index in [2.05, 4.69) is 4.99 Å². The summed E-state index contributed by atoms with van der Waals surface area (Å²) in [5, 5.41) is 22.1. The molecule has 1 heterocycles. The Kier molecular flexibility index (Phi) is 6.09. The van der Waals surface area contributed by atoms with Crippen molar-refractivity contribution in [1.82, 2.24) is 4.57 Å². The van der Waals surface area contributed by atoms with E-state index in [1.807, 2.05) is 35.9 Å². The van der Waals surface area contributed by atoms with E-state index in [4.69, 9.17) is 0 Å². The number of carbonyl (C=O) groups is 1. The number of nitrogens with zero attached hydrogens (tertiary/aromatic N) is 4. The summed E-state index contributed by atoms with van der Waals surface area (Å²) in [6.07, 6.45) is 1.98. The second-order valence-electron chi connectivity index (χ2n) is 6.17. The molecule has 0 saturated heterocycles. The van der Waals surface area contributed by atoms with Crippen LogP contribution in [-0.2, 0) is 6.54 Å². The lowest BCUT2D eigenvalue weighted by molar-refractivity contribution is -0.394. The molecule has 0 spiro atoms. The Morgan fingerprint density at radius 2 is 1.79 bits per heavy atom. The maximum atomic E-state index is 12.7. The van der Waals surface area contributed by atoms with Gasteiger partial charge >= 0.3 is 0 Å². The first-order valence-electron chi connectivity index (χ1n) is 8.42. The van der Waals surface area contributed by atoms with Crippen LogP contribution in [0, 0.1) is 27.2 Å². The monoisotopic (exact) mass is 432 g/mol. The van der Waals surface area contributed by atoms with Gasteiger partial charge in [0.15, 0.2) is 4.80 Å². The fourth-order valence-electron chi connectivity index (χ4n) is 2.75. The fourth-order valence-corrected chi connectivity index (χ4v) is 4.26. The number of nitro benzene ring substituents is 2. The van der Waals surface area contributed by atoms with Crippen molar-refractivity contribution in [3.8, 4) is 0 Å². The molecule has 2 aromatic carbocycles. The van der Waals surface area contributed by atoms with Gasteiger partial charge in [-0.2, -0.15) is 16.8 Å². The lowest BCUT2D eigenvalue weighted by atomic mass is 10.1. The minimum atomic E-state index is -0.773. The van der Waals surface area contributed by atoms with Crippen molar-refractivity contribution in [1.29, 1.82) is 0 Å². The molecule has 11 heteroatoms. The van der Waals surface area contributed by atoms with Gasteiger partial charge in [-0.3, -0.25) is 25.0 Å². The second-order valence-corrected chi connectivity index (χ2v) is 8.16. The zero-order chi connectivity index (χ0) is 21.1. The van der Waals surface area contributed by atoms with E-state index in [1.165, 1.54) is 11.3 Å². The van der Waals surface area contributed by atoms with Gasteiger partial charge in [-0.25, -0.2) is 0 Å². The van der Waals surface area contributed by atoms with Crippen LogP contribution < -0.4 is 4.80 Å². The normalized spacial score (nSPS) is 11.7. The first kappa shape index (κ1) is 20.7. The lowest BCUT2D eigenvalue weighted by Gasteiger charge is -2.04. The summed E-state index contributed by atoms with van der Waals surface area (Å²) in [4.78, 5) is 37.9. The van der Waals surface area contributed by atoms with Crippen LogP contribution in [-0.4, -0.2) is 32.3 Å². The summed E-state index contributed by atoms with van der Waals surface area (Å²) in [5.41, 5.74) is 0.755. The van der Waals surface area contributed by atoms with E-state index in [1.54, 1.807) is 11.8 Å². The van der Waals surface area contributed by atoms with Crippen LogP contribution in [0.3, 0.4) is 0 Å². The Labute approximate surface area is 173 Å². The molecule has 9 nitrogen and oxygen atoms in total. The largest absolute Gasteiger partial charge is 0.316 e. The van der Waals surface area contributed by atoms with E-state index in [-0.39, 0.29) is 5.56 Å². The molecule has 0 fully saturated rings. The van der Waals surface area contributed by atoms with Crippen molar-refractivity contribution in [2.75, 3.05) is 12.0 Å². The third-order valence-corrected chi connectivity index (χ3v) is 5.76. The summed E-state index contributed by atoms with van der Waals surface area (Å²) >= 11 is 2.98. The van der Waals surface area contributed by atoms with Crippen LogP contribution in [0.4, 0.5) is 11.4 Å². The predicted molar refractivity (Wildman–Crippen MR) is 113 cm³/mol. The topological polar surface area (TPSA) is 121 Å². The molecule has 0 saturated carbocycles. The SMILES string of the molecule is CSCCn1c(=NC(=O)c2cc([N+](=O)[O-])cc([N+](=O)[O-])c2)sc2cc(C)ccc21. The molecule has 3 aromatic rings. The highest BCUT2D eigenvalue weighted by Crippen LogP contribution is 2.24. The molecule has 29 heavy (non-hydrogen) atoms. The molecule has 0 unspecified atom stereocenters. The average Bonchev–Trinajstić information content (AvgIpc) is 3.01. The lowest BCUT2D eigenvalue weighted by Crippen LogP contribution is -2.18. The summed E-state index contributed by atoms with van der Waals surface area (Å²) in [7, 11) is 0. The number of carbonyl (C=O) groups excluding carboxylic acids is 1. The van der Waals surface area contributed by atoms with Crippen LogP contribution in [0.25, 0.3) is 10.2 Å². The minimum Gasteiger partial charge on any atom is -0.316 e. The number of hydrogen-bond acceptors (Lipinski definition) is 7. The highest BCUT2D eigenvalue weighted by Gasteiger charge is 2.20. The molecule has 0 bridgehead atoms. The molecule has 150 valence electrons. The maximum Gasteiger partial charge on any atom is 0.280 e. The summed E-state index contributed by atoms with van der Waals surface area (Å²) < 4.78 is 2.88. The van der Waals surface area contributed by atoms with Crippen LogP contribution >= 0.6 is 23.1 Å². The van der Waals surface area contributed by atoms with E-state index < -0.39 is 27.1 Å². The molecule has 1 aromatic heterocycles. The molecule has 3 rings (SSSR count). The van der Waals surface area contributed by atoms with Crippen molar-refractivity contribution >= 4 is 50.6 Å². The number of fused-ring (bicyclic) bond motifs is 1. The van der Waals surface area contributed by atoms with Gasteiger partial charge in [-0.15, -0.1) is 0 Å². The van der Waals surface area contributed by atoms with Gasteiger partial charge < -0.3 is 4.57 Å². The number of aromatic nitrogens is 1. The van der Waals surface area contributed by atoms with E-state index in [9.17, 15) is 25.0 Å². The Hall–Kier alpha value is -3.05. The highest BCUT2D eigenvalue weighted by molar-refractivity contribution is 7.98. The Morgan fingerprint density at radius 3 is 2.38 bits per heavy atom. The number of amides is 1. The highest BCUT2D eigenvalue weighted by atomic mass is 32.2. The van der Waals surface area contributed by atoms with Gasteiger partial charge in [0.2, 0.25) is 0 Å².